The third-order valence-corrected chi connectivity index (χ3v) is 7.39. The van der Waals surface area contributed by atoms with Gasteiger partial charge in [0, 0.05) is 36.3 Å². The van der Waals surface area contributed by atoms with E-state index >= 15 is 0 Å². The van der Waals surface area contributed by atoms with Gasteiger partial charge in [0.2, 0.25) is 11.8 Å². The van der Waals surface area contributed by atoms with Gasteiger partial charge in [0.15, 0.2) is 0 Å². The lowest BCUT2D eigenvalue weighted by Crippen LogP contribution is -2.40. The van der Waals surface area contributed by atoms with Crippen molar-refractivity contribution in [1.29, 1.82) is 0 Å². The van der Waals surface area contributed by atoms with E-state index in [2.05, 4.69) is 35.6 Å². The first-order chi connectivity index (χ1) is 17.2. The SMILES string of the molecule is COc1cc(Nc2ncc(-c3nc4cnccc4s3)c(N[C@@H]3C[C@H](C(C)(C)O)[C@@H](O)[C@H]3O)n2)ccn1. The summed E-state index contributed by atoms with van der Waals surface area (Å²) < 4.78 is 6.15. The van der Waals surface area contributed by atoms with Crippen LogP contribution in [0.4, 0.5) is 17.5 Å². The third kappa shape index (κ3) is 4.80. The molecule has 0 aliphatic heterocycles. The number of rotatable bonds is 7. The molecular formula is C24H27N7O4S. The van der Waals surface area contributed by atoms with Gasteiger partial charge in [-0.05, 0) is 32.4 Å². The second-order valence-corrected chi connectivity index (χ2v) is 10.3. The molecule has 4 atom stereocenters. The number of thiazole rings is 1. The van der Waals surface area contributed by atoms with Crippen LogP contribution in [0.25, 0.3) is 20.8 Å². The van der Waals surface area contributed by atoms with E-state index < -0.39 is 29.8 Å². The number of methoxy groups -OCH3 is 1. The summed E-state index contributed by atoms with van der Waals surface area (Å²) in [6.07, 6.45) is 4.85. The molecule has 188 valence electrons. The third-order valence-electron chi connectivity index (χ3n) is 6.32. The maximum atomic E-state index is 10.8. The van der Waals surface area contributed by atoms with Crippen LogP contribution >= 0.6 is 11.3 Å². The molecule has 1 saturated carbocycles. The molecule has 4 aromatic rings. The maximum Gasteiger partial charge on any atom is 0.229 e. The molecule has 0 saturated heterocycles. The first-order valence-electron chi connectivity index (χ1n) is 11.4. The van der Waals surface area contributed by atoms with E-state index in [0.717, 1.165) is 10.2 Å². The van der Waals surface area contributed by atoms with E-state index in [9.17, 15) is 15.3 Å². The highest BCUT2D eigenvalue weighted by molar-refractivity contribution is 7.21. The van der Waals surface area contributed by atoms with Crippen molar-refractivity contribution in [2.24, 2.45) is 5.92 Å². The molecule has 11 nitrogen and oxygen atoms in total. The Kier molecular flexibility index (Phi) is 6.43. The Morgan fingerprint density at radius 3 is 2.64 bits per heavy atom. The van der Waals surface area contributed by atoms with Crippen molar-refractivity contribution in [1.82, 2.24) is 24.9 Å². The topological polar surface area (TPSA) is 158 Å². The zero-order valence-corrected chi connectivity index (χ0v) is 20.8. The number of ether oxygens (including phenoxy) is 1. The molecule has 4 heterocycles. The van der Waals surface area contributed by atoms with Crippen molar-refractivity contribution in [3.63, 3.8) is 0 Å². The first-order valence-corrected chi connectivity index (χ1v) is 12.2. The minimum Gasteiger partial charge on any atom is -0.481 e. The average Bonchev–Trinajstić information content (AvgIpc) is 3.41. The van der Waals surface area contributed by atoms with Crippen LogP contribution < -0.4 is 15.4 Å². The molecule has 4 aromatic heterocycles. The highest BCUT2D eigenvalue weighted by atomic mass is 32.1. The van der Waals surface area contributed by atoms with E-state index in [4.69, 9.17) is 4.74 Å². The van der Waals surface area contributed by atoms with Crippen molar-refractivity contribution >= 4 is 39.0 Å². The Labute approximate surface area is 211 Å². The van der Waals surface area contributed by atoms with Crippen molar-refractivity contribution in [3.05, 3.63) is 43.0 Å². The number of anilines is 3. The molecule has 36 heavy (non-hydrogen) atoms. The van der Waals surface area contributed by atoms with Gasteiger partial charge in [-0.1, -0.05) is 0 Å². The summed E-state index contributed by atoms with van der Waals surface area (Å²) in [5.41, 5.74) is 0.929. The zero-order chi connectivity index (χ0) is 25.4. The molecule has 0 aromatic carbocycles. The van der Waals surface area contributed by atoms with E-state index in [1.165, 1.54) is 18.4 Å². The molecule has 0 unspecified atom stereocenters. The van der Waals surface area contributed by atoms with Crippen LogP contribution in [0.3, 0.4) is 0 Å². The largest absolute Gasteiger partial charge is 0.481 e. The molecule has 0 spiro atoms. The van der Waals surface area contributed by atoms with E-state index in [1.54, 1.807) is 50.8 Å². The van der Waals surface area contributed by atoms with E-state index in [-0.39, 0.29) is 0 Å². The normalized spacial score (nSPS) is 22.1. The molecule has 5 rings (SSSR count). The van der Waals surface area contributed by atoms with Crippen LogP contribution in [0.1, 0.15) is 20.3 Å². The van der Waals surface area contributed by atoms with E-state index in [0.29, 0.717) is 40.3 Å². The van der Waals surface area contributed by atoms with Crippen LogP contribution in [-0.4, -0.2) is 71.2 Å². The summed E-state index contributed by atoms with van der Waals surface area (Å²) in [7, 11) is 1.54. The lowest BCUT2D eigenvalue weighted by molar-refractivity contribution is -0.0601. The molecule has 1 fully saturated rings. The number of nitrogens with one attached hydrogen (secondary N) is 2. The van der Waals surface area contributed by atoms with Crippen LogP contribution in [0, 0.1) is 5.92 Å². The van der Waals surface area contributed by atoms with Gasteiger partial charge < -0.3 is 30.7 Å². The summed E-state index contributed by atoms with van der Waals surface area (Å²) in [5, 5.41) is 39.0. The number of hydrogen-bond acceptors (Lipinski definition) is 12. The molecule has 0 amide bonds. The van der Waals surface area contributed by atoms with Gasteiger partial charge in [0.05, 0.1) is 41.3 Å². The van der Waals surface area contributed by atoms with Gasteiger partial charge >= 0.3 is 0 Å². The van der Waals surface area contributed by atoms with Gasteiger partial charge in [-0.25, -0.2) is 15.0 Å². The highest BCUT2D eigenvalue weighted by Gasteiger charge is 2.47. The number of hydrogen-bond donors (Lipinski definition) is 5. The lowest BCUT2D eigenvalue weighted by atomic mass is 9.88. The number of pyridine rings is 2. The standard InChI is InChI=1S/C24H27N7O4S/c1-24(2,34)14-9-15(20(33)19(14)32)29-21-13(22-30-16-11-25-6-5-17(16)36-22)10-27-23(31-21)28-12-4-7-26-18(8-12)35-3/h4-8,10-11,14-15,19-20,32-34H,9H2,1-3H3,(H2,26,27,28,29,31)/t14-,15+,19+,20-/m0/s1. The second kappa shape index (κ2) is 9.54. The fourth-order valence-electron chi connectivity index (χ4n) is 4.39. The fourth-order valence-corrected chi connectivity index (χ4v) is 5.33. The van der Waals surface area contributed by atoms with Crippen molar-refractivity contribution in [2.75, 3.05) is 17.7 Å². The molecule has 0 bridgehead atoms. The lowest BCUT2D eigenvalue weighted by Gasteiger charge is -2.28. The summed E-state index contributed by atoms with van der Waals surface area (Å²) in [6, 6.07) is 4.83. The highest BCUT2D eigenvalue weighted by Crippen LogP contribution is 2.39. The molecular weight excluding hydrogens is 482 g/mol. The Morgan fingerprint density at radius 2 is 1.92 bits per heavy atom. The number of fused-ring (bicyclic) bond motifs is 1. The molecule has 12 heteroatoms. The van der Waals surface area contributed by atoms with Crippen molar-refractivity contribution in [2.45, 2.75) is 44.1 Å². The van der Waals surface area contributed by atoms with Crippen LogP contribution in [-0.2, 0) is 0 Å². The summed E-state index contributed by atoms with van der Waals surface area (Å²) in [4.78, 5) is 22.1. The number of nitrogens with zero attached hydrogens (tertiary/aromatic N) is 5. The minimum atomic E-state index is -1.15. The number of aliphatic hydroxyl groups is 3. The number of aliphatic hydroxyl groups excluding tert-OH is 2. The van der Waals surface area contributed by atoms with Crippen molar-refractivity contribution < 1.29 is 20.1 Å². The smallest absolute Gasteiger partial charge is 0.229 e. The Morgan fingerprint density at radius 1 is 1.08 bits per heavy atom. The molecule has 0 radical (unpaired) electrons. The second-order valence-electron chi connectivity index (χ2n) is 9.26. The fraction of sp³-hybridized carbons (Fsp3) is 0.375. The maximum absolute atomic E-state index is 10.8. The predicted octanol–water partition coefficient (Wildman–Crippen LogP) is 2.59. The minimum absolute atomic E-state index is 0.310. The van der Waals surface area contributed by atoms with Gasteiger partial charge in [-0.15, -0.1) is 11.3 Å². The molecule has 5 N–H and O–H groups in total. The van der Waals surface area contributed by atoms with Gasteiger partial charge in [0.25, 0.3) is 0 Å². The predicted molar refractivity (Wildman–Crippen MR) is 136 cm³/mol. The van der Waals surface area contributed by atoms with Gasteiger partial charge in [-0.2, -0.15) is 4.98 Å². The van der Waals surface area contributed by atoms with Gasteiger partial charge in [-0.3, -0.25) is 4.98 Å². The van der Waals surface area contributed by atoms with E-state index in [1.807, 2.05) is 6.07 Å². The molecule has 1 aliphatic carbocycles. The summed E-state index contributed by atoms with van der Waals surface area (Å²) in [6.45, 7) is 3.26. The Bertz CT molecular complexity index is 1340. The first kappa shape index (κ1) is 24.3. The zero-order valence-electron chi connectivity index (χ0n) is 20.0. The average molecular weight is 510 g/mol. The summed E-state index contributed by atoms with van der Waals surface area (Å²) in [5.74, 6) is 0.682. The van der Waals surface area contributed by atoms with Crippen LogP contribution in [0.5, 0.6) is 5.88 Å². The Hall–Kier alpha value is -3.45. The summed E-state index contributed by atoms with van der Waals surface area (Å²) >= 11 is 1.48. The van der Waals surface area contributed by atoms with Gasteiger partial charge in [0.1, 0.15) is 22.4 Å². The Balaban J connectivity index is 1.51. The number of aromatic nitrogens is 5. The molecule has 1 aliphatic rings. The van der Waals surface area contributed by atoms with Crippen molar-refractivity contribution in [3.8, 4) is 16.5 Å². The van der Waals surface area contributed by atoms with Crippen LogP contribution in [0.2, 0.25) is 0 Å². The van der Waals surface area contributed by atoms with Crippen LogP contribution in [0.15, 0.2) is 43.0 Å². The monoisotopic (exact) mass is 509 g/mol. The quantitative estimate of drug-likeness (QED) is 0.249.